The van der Waals surface area contributed by atoms with Gasteiger partial charge in [-0.15, -0.1) is 0 Å². The van der Waals surface area contributed by atoms with Crippen LogP contribution in [0.3, 0.4) is 0 Å². The number of hydrazine groups is 1. The Morgan fingerprint density at radius 3 is 2.28 bits per heavy atom. The zero-order valence-corrected chi connectivity index (χ0v) is 20.7. The summed E-state index contributed by atoms with van der Waals surface area (Å²) in [5, 5.41) is 22.1. The van der Waals surface area contributed by atoms with Crippen LogP contribution in [0.15, 0.2) is 66.7 Å². The number of carboxylic acids is 1. The van der Waals surface area contributed by atoms with E-state index in [-0.39, 0.29) is 12.8 Å². The maximum atomic E-state index is 12.5. The summed E-state index contributed by atoms with van der Waals surface area (Å²) in [6.45, 7) is 3.81. The second-order valence-electron chi connectivity index (χ2n) is 8.57. The maximum Gasteiger partial charge on any atom is 0.332 e. The molecule has 3 aromatic rings. The molecule has 36 heavy (non-hydrogen) atoms. The molecule has 0 saturated heterocycles. The van der Waals surface area contributed by atoms with E-state index in [1.165, 1.54) is 0 Å². The minimum atomic E-state index is -1.70. The number of aliphatic hydroxyl groups excluding tert-OH is 1. The van der Waals surface area contributed by atoms with Crippen molar-refractivity contribution in [3.63, 3.8) is 0 Å². The van der Waals surface area contributed by atoms with E-state index in [9.17, 15) is 19.5 Å². The number of benzene rings is 3. The summed E-state index contributed by atoms with van der Waals surface area (Å²) >= 11 is 6.06. The molecule has 3 aromatic carbocycles. The molecule has 0 spiro atoms. The van der Waals surface area contributed by atoms with Crippen molar-refractivity contribution in [1.82, 2.24) is 10.7 Å². The van der Waals surface area contributed by atoms with Crippen molar-refractivity contribution in [3.05, 3.63) is 88.4 Å². The summed E-state index contributed by atoms with van der Waals surface area (Å²) in [6, 6.07) is 19.6. The Morgan fingerprint density at radius 2 is 1.64 bits per heavy atom. The van der Waals surface area contributed by atoms with E-state index in [0.717, 1.165) is 27.8 Å². The molecule has 2 amide bonds. The highest BCUT2D eigenvalue weighted by Crippen LogP contribution is 2.23. The molecule has 188 valence electrons. The molecule has 0 heterocycles. The molecule has 9 heteroatoms. The lowest BCUT2D eigenvalue weighted by atomic mass is 9.98. The van der Waals surface area contributed by atoms with Gasteiger partial charge >= 0.3 is 17.8 Å². The van der Waals surface area contributed by atoms with Gasteiger partial charge in [0.1, 0.15) is 0 Å². The number of nitrogens with one attached hydrogen (secondary N) is 3. The third-order valence-corrected chi connectivity index (χ3v) is 5.86. The van der Waals surface area contributed by atoms with E-state index in [1.54, 1.807) is 12.1 Å². The smallest absolute Gasteiger partial charge is 0.332 e. The molecular weight excluding hydrogens is 482 g/mol. The van der Waals surface area contributed by atoms with Crippen LogP contribution in [0, 0.1) is 13.8 Å². The number of hydrogen-bond donors (Lipinski definition) is 5. The van der Waals surface area contributed by atoms with Gasteiger partial charge in [0.2, 0.25) is 0 Å². The van der Waals surface area contributed by atoms with E-state index < -0.39 is 29.9 Å². The monoisotopic (exact) mass is 509 g/mol. The molecule has 0 radical (unpaired) electrons. The first-order chi connectivity index (χ1) is 17.1. The summed E-state index contributed by atoms with van der Waals surface area (Å²) in [4.78, 5) is 36.1. The van der Waals surface area contributed by atoms with Gasteiger partial charge in [0.05, 0.1) is 5.69 Å². The standard InChI is InChI=1S/C27H28ClN3O5/c1-16-6-11-23(17(2)12-16)30-31-26(34)25(33)29-22(15-24(32)27(35)36)13-18-7-9-19(10-8-18)20-4-3-5-21(28)14-20/h3-12,14,22,24,30,32H,13,15H2,1-2H3,(H,29,33)(H,31,34)(H,35,36)/t22-,24-/m1/s1. The summed E-state index contributed by atoms with van der Waals surface area (Å²) in [5.74, 6) is -3.31. The summed E-state index contributed by atoms with van der Waals surface area (Å²) in [6.07, 6.45) is -1.75. The Kier molecular flexibility index (Phi) is 9.05. The van der Waals surface area contributed by atoms with Crippen LogP contribution < -0.4 is 16.2 Å². The minimum Gasteiger partial charge on any atom is -0.479 e. The van der Waals surface area contributed by atoms with Gasteiger partial charge in [0.15, 0.2) is 6.10 Å². The van der Waals surface area contributed by atoms with Crippen LogP contribution >= 0.6 is 11.6 Å². The fourth-order valence-corrected chi connectivity index (χ4v) is 3.93. The molecule has 8 nitrogen and oxygen atoms in total. The normalized spacial score (nSPS) is 12.3. The summed E-state index contributed by atoms with van der Waals surface area (Å²) in [7, 11) is 0. The molecule has 3 rings (SSSR count). The van der Waals surface area contributed by atoms with Gasteiger partial charge in [-0.2, -0.15) is 0 Å². The van der Waals surface area contributed by atoms with Crippen LogP contribution in [0.5, 0.6) is 0 Å². The Balaban J connectivity index is 1.66. The van der Waals surface area contributed by atoms with Crippen molar-refractivity contribution in [3.8, 4) is 11.1 Å². The highest BCUT2D eigenvalue weighted by Gasteiger charge is 2.24. The zero-order chi connectivity index (χ0) is 26.2. The van der Waals surface area contributed by atoms with Crippen molar-refractivity contribution >= 4 is 35.1 Å². The van der Waals surface area contributed by atoms with Crippen molar-refractivity contribution in [2.24, 2.45) is 0 Å². The third kappa shape index (κ3) is 7.56. The summed E-state index contributed by atoms with van der Waals surface area (Å²) < 4.78 is 0. The van der Waals surface area contributed by atoms with Crippen molar-refractivity contribution in [2.45, 2.75) is 38.8 Å². The number of aliphatic carboxylic acids is 1. The van der Waals surface area contributed by atoms with Gasteiger partial charge in [-0.05, 0) is 60.7 Å². The first-order valence-corrected chi connectivity index (χ1v) is 11.7. The van der Waals surface area contributed by atoms with E-state index >= 15 is 0 Å². The summed E-state index contributed by atoms with van der Waals surface area (Å²) in [5.41, 5.74) is 10.3. The first kappa shape index (κ1) is 26.7. The largest absolute Gasteiger partial charge is 0.479 e. The number of aliphatic hydroxyl groups is 1. The van der Waals surface area contributed by atoms with Crippen LogP contribution in [0.4, 0.5) is 5.69 Å². The second-order valence-corrected chi connectivity index (χ2v) is 9.01. The van der Waals surface area contributed by atoms with Crippen LogP contribution in [-0.4, -0.2) is 40.1 Å². The highest BCUT2D eigenvalue weighted by molar-refractivity contribution is 6.35. The number of aryl methyl sites for hydroxylation is 2. The quantitative estimate of drug-likeness (QED) is 0.221. The number of hydrogen-bond acceptors (Lipinski definition) is 5. The molecular formula is C27H28ClN3O5. The molecule has 2 atom stereocenters. The Hall–Kier alpha value is -3.88. The molecule has 0 aliphatic carbocycles. The molecule has 0 unspecified atom stereocenters. The highest BCUT2D eigenvalue weighted by atomic mass is 35.5. The molecule has 5 N–H and O–H groups in total. The number of carboxylic acid groups (broad SMARTS) is 1. The van der Waals surface area contributed by atoms with Crippen LogP contribution in [0.2, 0.25) is 5.02 Å². The van der Waals surface area contributed by atoms with Crippen molar-refractivity contribution in [2.75, 3.05) is 5.43 Å². The number of halogens is 1. The van der Waals surface area contributed by atoms with Crippen molar-refractivity contribution in [1.29, 1.82) is 0 Å². The van der Waals surface area contributed by atoms with E-state index in [1.807, 2.05) is 68.4 Å². The Bertz CT molecular complexity index is 1250. The predicted octanol–water partition coefficient (Wildman–Crippen LogP) is 3.63. The Labute approximate surface area is 214 Å². The number of carbonyl (C=O) groups is 3. The lowest BCUT2D eigenvalue weighted by molar-refractivity contribution is -0.147. The van der Waals surface area contributed by atoms with Gasteiger partial charge in [0.25, 0.3) is 0 Å². The lowest BCUT2D eigenvalue weighted by Gasteiger charge is -2.20. The number of anilines is 1. The molecule has 0 aliphatic rings. The Morgan fingerprint density at radius 1 is 0.917 bits per heavy atom. The molecule has 0 saturated carbocycles. The molecule has 0 fully saturated rings. The maximum absolute atomic E-state index is 12.5. The van der Waals surface area contributed by atoms with Crippen LogP contribution in [-0.2, 0) is 20.8 Å². The topological polar surface area (TPSA) is 128 Å². The zero-order valence-electron chi connectivity index (χ0n) is 19.9. The SMILES string of the molecule is Cc1ccc(NNC(=O)C(=O)N[C@H](Cc2ccc(-c3cccc(Cl)c3)cc2)C[C@@H](O)C(=O)O)c(C)c1. The molecule has 0 aromatic heterocycles. The van der Waals surface area contributed by atoms with E-state index in [4.69, 9.17) is 16.7 Å². The van der Waals surface area contributed by atoms with Crippen molar-refractivity contribution < 1.29 is 24.6 Å². The van der Waals surface area contributed by atoms with Gasteiger partial charge in [-0.25, -0.2) is 4.79 Å². The molecule has 0 aliphatic heterocycles. The average molecular weight is 510 g/mol. The fourth-order valence-electron chi connectivity index (χ4n) is 3.74. The third-order valence-electron chi connectivity index (χ3n) is 5.62. The number of rotatable bonds is 9. The molecule has 0 bridgehead atoms. The van der Waals surface area contributed by atoms with E-state index in [0.29, 0.717) is 10.7 Å². The van der Waals surface area contributed by atoms with Gasteiger partial charge in [-0.1, -0.05) is 65.7 Å². The predicted molar refractivity (Wildman–Crippen MR) is 138 cm³/mol. The van der Waals surface area contributed by atoms with Gasteiger partial charge in [-0.3, -0.25) is 20.4 Å². The van der Waals surface area contributed by atoms with Crippen LogP contribution in [0.25, 0.3) is 11.1 Å². The number of carbonyl (C=O) groups excluding carboxylic acids is 2. The number of amides is 2. The van der Waals surface area contributed by atoms with Crippen LogP contribution in [0.1, 0.15) is 23.1 Å². The first-order valence-electron chi connectivity index (χ1n) is 11.3. The van der Waals surface area contributed by atoms with Gasteiger partial charge < -0.3 is 15.5 Å². The fraction of sp³-hybridized carbons (Fsp3) is 0.222. The lowest BCUT2D eigenvalue weighted by Crippen LogP contribution is -2.48. The second kappa shape index (κ2) is 12.2. The average Bonchev–Trinajstić information content (AvgIpc) is 2.83. The minimum absolute atomic E-state index is 0.212. The van der Waals surface area contributed by atoms with E-state index in [2.05, 4.69) is 16.2 Å². The van der Waals surface area contributed by atoms with Gasteiger partial charge in [0, 0.05) is 17.5 Å².